The Labute approximate surface area is 413 Å². The van der Waals surface area contributed by atoms with E-state index in [9.17, 15) is 24.8 Å². The molecule has 4 aromatic rings. The van der Waals surface area contributed by atoms with Gasteiger partial charge in [0.2, 0.25) is 0 Å². The number of allylic oxidation sites excluding steroid dienone is 1. The fourth-order valence-corrected chi connectivity index (χ4v) is 19.3. The molecule has 5 unspecified atom stereocenters. The minimum atomic E-state index is -2.68. The van der Waals surface area contributed by atoms with Crippen molar-refractivity contribution >= 4 is 31.0 Å². The molecule has 9 atom stereocenters. The molecule has 0 radical (unpaired) electrons. The van der Waals surface area contributed by atoms with E-state index in [4.69, 9.17) is 4.74 Å². The predicted octanol–water partition coefficient (Wildman–Crippen LogP) is 14.7. The van der Waals surface area contributed by atoms with Crippen LogP contribution in [0, 0.1) is 57.7 Å². The number of carboxylic acid groups (broad SMARTS) is 1. The van der Waals surface area contributed by atoms with Gasteiger partial charge in [-0.1, -0.05) is 151 Å². The van der Waals surface area contributed by atoms with Crippen molar-refractivity contribution in [2.45, 2.75) is 156 Å². The van der Waals surface area contributed by atoms with Crippen LogP contribution in [0.15, 0.2) is 96.6 Å². The Kier molecular flexibility index (Phi) is 13.4. The number of Topliss-reactive ketones (excluding diaryl/α,β-unsaturated/α-hetero) is 1. The zero-order valence-electron chi connectivity index (χ0n) is 42.6. The average molecular weight is 942 g/mol. The van der Waals surface area contributed by atoms with Gasteiger partial charge in [0.15, 0.2) is 0 Å². The zero-order valence-corrected chi connectivity index (χ0v) is 43.6. The van der Waals surface area contributed by atoms with Gasteiger partial charge in [0.05, 0.1) is 30.8 Å². The highest BCUT2D eigenvalue weighted by atomic mass is 28.3. The van der Waals surface area contributed by atoms with Crippen LogP contribution < -0.4 is 5.19 Å². The number of ketones is 1. The number of carbonyl (C=O) groups is 3. The van der Waals surface area contributed by atoms with Crippen LogP contribution in [0.1, 0.15) is 169 Å². The summed E-state index contributed by atoms with van der Waals surface area (Å²) in [4.78, 5) is 40.6. The van der Waals surface area contributed by atoms with Gasteiger partial charge in [0.25, 0.3) is 0 Å². The molecule has 9 rings (SSSR count). The summed E-state index contributed by atoms with van der Waals surface area (Å²) in [5.41, 5.74) is 9.07. The number of ether oxygens (including phenoxy) is 1. The molecule has 0 bridgehead atoms. The molecule has 3 fully saturated rings. The first kappa shape index (κ1) is 48.9. The summed E-state index contributed by atoms with van der Waals surface area (Å²) in [5, 5.41) is 20.3. The number of carbonyl (C=O) groups excluding carboxylic acids is 2. The second-order valence-electron chi connectivity index (χ2n) is 23.5. The van der Waals surface area contributed by atoms with Crippen molar-refractivity contribution in [2.75, 3.05) is 0 Å². The van der Waals surface area contributed by atoms with Gasteiger partial charge in [-0.05, 0) is 155 Å². The lowest BCUT2D eigenvalue weighted by atomic mass is 9.47. The molecular formula is C62H75NO5Si. The third kappa shape index (κ3) is 8.59. The highest BCUT2D eigenvalue weighted by molar-refractivity contribution is 6.94. The summed E-state index contributed by atoms with van der Waals surface area (Å²) in [6, 6.07) is 29.3. The van der Waals surface area contributed by atoms with E-state index in [1.165, 1.54) is 50.5 Å². The van der Waals surface area contributed by atoms with Crippen LogP contribution in [0.2, 0.25) is 13.1 Å². The van der Waals surface area contributed by atoms with Gasteiger partial charge in [0.1, 0.15) is 11.9 Å². The van der Waals surface area contributed by atoms with Crippen molar-refractivity contribution in [3.63, 3.8) is 0 Å². The van der Waals surface area contributed by atoms with Crippen LogP contribution in [-0.4, -0.2) is 37.0 Å². The Morgan fingerprint density at radius 1 is 0.841 bits per heavy atom. The molecule has 5 aliphatic rings. The second-order valence-corrected chi connectivity index (χ2v) is 28.2. The molecule has 1 N–H and O–H groups in total. The molecule has 0 saturated heterocycles. The van der Waals surface area contributed by atoms with Crippen molar-refractivity contribution in [2.24, 2.45) is 46.3 Å². The molecule has 0 heterocycles. The van der Waals surface area contributed by atoms with E-state index in [2.05, 4.69) is 72.0 Å². The van der Waals surface area contributed by atoms with E-state index in [-0.39, 0.29) is 28.8 Å². The Morgan fingerprint density at radius 2 is 1.55 bits per heavy atom. The summed E-state index contributed by atoms with van der Waals surface area (Å²) in [5.74, 6) is 3.62. The number of nitriles is 1. The van der Waals surface area contributed by atoms with Gasteiger partial charge in [-0.2, -0.15) is 5.26 Å². The van der Waals surface area contributed by atoms with E-state index in [1.54, 1.807) is 18.2 Å². The largest absolute Gasteiger partial charge is 0.478 e. The Hall–Kier alpha value is -5.06. The second kappa shape index (κ2) is 18.9. The SMILES string of the molecule is CCC(=O)CCC1([Si](C)(C)c2ccc(C(=O)O)c(-c3ccc(-c4ccc(C#N)cc4)cc3)c2)c2cccc(C(=O)OC3CC[C@@]4(C)C(=CCC5C4CC[C@@]4(C)C5CC[C@@H]4[C@H](C)CCCC(C)C)C3)c21. The molecule has 6 nitrogen and oxygen atoms in total. The average Bonchev–Trinajstić information content (AvgIpc) is 3.89. The van der Waals surface area contributed by atoms with Crippen molar-refractivity contribution in [3.8, 4) is 28.3 Å². The lowest BCUT2D eigenvalue weighted by Gasteiger charge is -2.58. The predicted molar refractivity (Wildman–Crippen MR) is 280 cm³/mol. The number of nitrogens with zero attached hydrogens (tertiary/aromatic N) is 1. The van der Waals surface area contributed by atoms with E-state index in [0.29, 0.717) is 47.3 Å². The maximum atomic E-state index is 14.7. The molecule has 69 heavy (non-hydrogen) atoms. The van der Waals surface area contributed by atoms with Gasteiger partial charge >= 0.3 is 11.9 Å². The van der Waals surface area contributed by atoms with E-state index >= 15 is 0 Å². The first-order chi connectivity index (χ1) is 33.0. The van der Waals surface area contributed by atoms with Crippen molar-refractivity contribution in [1.82, 2.24) is 0 Å². The first-order valence-electron chi connectivity index (χ1n) is 26.5. The maximum absolute atomic E-state index is 14.7. The van der Waals surface area contributed by atoms with E-state index < -0.39 is 19.1 Å². The Morgan fingerprint density at radius 3 is 2.23 bits per heavy atom. The Bertz CT molecular complexity index is 2690. The minimum Gasteiger partial charge on any atom is -0.478 e. The molecule has 7 heteroatoms. The lowest BCUT2D eigenvalue weighted by molar-refractivity contribution is -0.118. The fourth-order valence-electron chi connectivity index (χ4n) is 15.3. The highest BCUT2D eigenvalue weighted by Crippen LogP contribution is 2.68. The molecular weight excluding hydrogens is 867 g/mol. The van der Waals surface area contributed by atoms with Gasteiger partial charge < -0.3 is 9.84 Å². The normalized spacial score (nSPS) is 28.3. The van der Waals surface area contributed by atoms with Crippen molar-refractivity contribution in [3.05, 3.63) is 124 Å². The van der Waals surface area contributed by atoms with Crippen LogP contribution >= 0.6 is 0 Å². The van der Waals surface area contributed by atoms with Crippen LogP contribution in [0.5, 0.6) is 0 Å². The lowest BCUT2D eigenvalue weighted by Crippen LogP contribution is -2.54. The summed E-state index contributed by atoms with van der Waals surface area (Å²) in [6.07, 6.45) is 17.3. The van der Waals surface area contributed by atoms with Gasteiger partial charge in [-0.15, -0.1) is 0 Å². The summed E-state index contributed by atoms with van der Waals surface area (Å²) >= 11 is 0. The Balaban J connectivity index is 0.947. The summed E-state index contributed by atoms with van der Waals surface area (Å²) in [6.45, 7) is 19.0. The number of carboxylic acids is 1. The van der Waals surface area contributed by atoms with Crippen LogP contribution in [-0.2, 0) is 14.6 Å². The van der Waals surface area contributed by atoms with Crippen LogP contribution in [0.4, 0.5) is 0 Å². The van der Waals surface area contributed by atoms with Crippen molar-refractivity contribution in [1.29, 1.82) is 5.26 Å². The van der Waals surface area contributed by atoms with Crippen LogP contribution in [0.25, 0.3) is 22.3 Å². The number of rotatable bonds is 16. The third-order valence-electron chi connectivity index (χ3n) is 19.4. The standard InChI is InChI=1S/C62H75NO5Si/c1-9-46(64)30-35-62(69(7,8)48-25-27-49(58(65)66)52(37-48)44-22-20-43(21-23-44)42-18-16-41(38-63)17-19-42)56-15-11-14-51(57(56)62)59(67)68-47-31-33-60(5)45(36-47)24-26-50-54-29-28-53(40(4)13-10-12-39(2)3)61(54,6)34-32-55(50)60/h11,14-25,27,37,39-40,47,50,53-55H,9-10,12-13,26,28-36H2,1-8H3,(H,65,66)/t40-,47?,50?,53-,54?,55?,60+,61-,62?/m1/s1. The van der Waals surface area contributed by atoms with Gasteiger partial charge in [-0.3, -0.25) is 4.79 Å². The van der Waals surface area contributed by atoms with Gasteiger partial charge in [-0.25, -0.2) is 9.59 Å². The smallest absolute Gasteiger partial charge is 0.338 e. The number of hydrogen-bond donors (Lipinski definition) is 1. The number of esters is 1. The molecule has 0 aliphatic heterocycles. The molecule has 0 aromatic heterocycles. The maximum Gasteiger partial charge on any atom is 0.338 e. The number of aromatic carboxylic acids is 1. The van der Waals surface area contributed by atoms with Crippen molar-refractivity contribution < 1.29 is 24.2 Å². The molecule has 0 spiro atoms. The molecule has 4 aromatic carbocycles. The minimum absolute atomic E-state index is 0.159. The van der Waals surface area contributed by atoms with E-state index in [1.807, 2.05) is 61.5 Å². The fraction of sp³-hybridized carbons (Fsp3) is 0.516. The zero-order chi connectivity index (χ0) is 49.0. The van der Waals surface area contributed by atoms with Crippen LogP contribution in [0.3, 0.4) is 0 Å². The van der Waals surface area contributed by atoms with Gasteiger partial charge in [0, 0.05) is 24.3 Å². The molecule has 3 saturated carbocycles. The molecule has 362 valence electrons. The van der Waals surface area contributed by atoms with E-state index in [0.717, 1.165) is 88.3 Å². The first-order valence-corrected chi connectivity index (χ1v) is 29.5. The monoisotopic (exact) mass is 942 g/mol. The number of benzene rings is 4. The highest BCUT2D eigenvalue weighted by Gasteiger charge is 2.63. The number of fused-ring (bicyclic) bond motifs is 6. The summed E-state index contributed by atoms with van der Waals surface area (Å²) in [7, 11) is -2.68. The quantitative estimate of drug-likeness (QED) is 0.0682. The topological polar surface area (TPSA) is 104 Å². The molecule has 0 amide bonds. The third-order valence-corrected chi connectivity index (χ3v) is 24.1. The number of hydrogen-bond acceptors (Lipinski definition) is 5. The summed E-state index contributed by atoms with van der Waals surface area (Å²) < 4.78 is 6.61. The molecule has 5 aliphatic carbocycles.